The number of hydrogen-bond donors (Lipinski definition) is 0. The maximum Gasteiger partial charge on any atom is 0.241 e. The molecule has 118 valence electrons. The summed E-state index contributed by atoms with van der Waals surface area (Å²) in [6.45, 7) is 2.85. The molecule has 1 aromatic heterocycles. The van der Waals surface area contributed by atoms with E-state index in [1.165, 1.54) is 0 Å². The van der Waals surface area contributed by atoms with Gasteiger partial charge in [0.25, 0.3) is 0 Å². The molecule has 2 heterocycles. The maximum absolute atomic E-state index is 5.37. The summed E-state index contributed by atoms with van der Waals surface area (Å²) in [5.74, 6) is 4.88. The topological polar surface area (TPSA) is 60.6 Å². The van der Waals surface area contributed by atoms with Gasteiger partial charge >= 0.3 is 0 Å². The van der Waals surface area contributed by atoms with Gasteiger partial charge in [-0.05, 0) is 18.2 Å². The van der Waals surface area contributed by atoms with Gasteiger partial charge in [0.15, 0.2) is 11.5 Å². The summed E-state index contributed by atoms with van der Waals surface area (Å²) in [5, 5.41) is 4.07. The van der Waals surface area contributed by atoms with Crippen LogP contribution in [-0.2, 0) is 6.54 Å². The molecule has 0 bridgehead atoms. The van der Waals surface area contributed by atoms with E-state index in [1.807, 2.05) is 30.0 Å². The van der Waals surface area contributed by atoms with Crippen LogP contribution >= 0.6 is 11.8 Å². The number of thioether (sulfide) groups is 1. The minimum Gasteiger partial charge on any atom is -0.493 e. The van der Waals surface area contributed by atoms with E-state index in [0.717, 1.165) is 30.2 Å². The predicted molar refractivity (Wildman–Crippen MR) is 85.4 cm³/mol. The molecule has 0 spiro atoms. The number of aromatic nitrogens is 2. The van der Waals surface area contributed by atoms with Crippen LogP contribution in [0.1, 0.15) is 5.89 Å². The van der Waals surface area contributed by atoms with Gasteiger partial charge in [-0.25, -0.2) is 0 Å². The molecule has 1 aliphatic heterocycles. The van der Waals surface area contributed by atoms with Crippen molar-refractivity contribution in [3.05, 3.63) is 24.1 Å². The van der Waals surface area contributed by atoms with Crippen LogP contribution in [0.5, 0.6) is 11.5 Å². The quantitative estimate of drug-likeness (QED) is 0.837. The summed E-state index contributed by atoms with van der Waals surface area (Å²) in [6.07, 6.45) is 0. The summed E-state index contributed by atoms with van der Waals surface area (Å²) < 4.78 is 15.9. The minimum absolute atomic E-state index is 0.572. The first-order valence-corrected chi connectivity index (χ1v) is 8.30. The Labute approximate surface area is 133 Å². The van der Waals surface area contributed by atoms with Crippen molar-refractivity contribution in [3.63, 3.8) is 0 Å². The molecule has 1 aromatic carbocycles. The molecular formula is C15H19N3O3S. The lowest BCUT2D eigenvalue weighted by atomic mass is 10.2. The van der Waals surface area contributed by atoms with Gasteiger partial charge in [0, 0.05) is 30.2 Å². The Balaban J connectivity index is 1.75. The lowest BCUT2D eigenvalue weighted by Crippen LogP contribution is -2.32. The van der Waals surface area contributed by atoms with Gasteiger partial charge in [0.05, 0.1) is 20.8 Å². The molecule has 1 fully saturated rings. The number of hydrogen-bond acceptors (Lipinski definition) is 7. The van der Waals surface area contributed by atoms with Crippen LogP contribution in [-0.4, -0.2) is 53.9 Å². The van der Waals surface area contributed by atoms with E-state index in [1.54, 1.807) is 14.2 Å². The number of benzene rings is 1. The zero-order valence-electron chi connectivity index (χ0n) is 12.7. The third kappa shape index (κ3) is 3.36. The fourth-order valence-electron chi connectivity index (χ4n) is 2.36. The second-order valence-corrected chi connectivity index (χ2v) is 6.19. The molecule has 0 N–H and O–H groups in total. The Morgan fingerprint density at radius 1 is 1.18 bits per heavy atom. The van der Waals surface area contributed by atoms with E-state index in [0.29, 0.717) is 29.8 Å². The molecule has 0 amide bonds. The molecule has 22 heavy (non-hydrogen) atoms. The van der Waals surface area contributed by atoms with Gasteiger partial charge in [0.1, 0.15) is 0 Å². The molecule has 0 radical (unpaired) electrons. The van der Waals surface area contributed by atoms with E-state index < -0.39 is 0 Å². The van der Waals surface area contributed by atoms with E-state index in [2.05, 4.69) is 15.0 Å². The van der Waals surface area contributed by atoms with Crippen LogP contribution in [0, 0.1) is 0 Å². The molecule has 1 aliphatic rings. The highest BCUT2D eigenvalue weighted by Crippen LogP contribution is 2.31. The van der Waals surface area contributed by atoms with Crippen LogP contribution in [0.3, 0.4) is 0 Å². The monoisotopic (exact) mass is 321 g/mol. The zero-order valence-corrected chi connectivity index (χ0v) is 13.6. The molecule has 0 saturated carbocycles. The normalized spacial score (nSPS) is 15.7. The highest BCUT2D eigenvalue weighted by atomic mass is 32.2. The van der Waals surface area contributed by atoms with Crippen LogP contribution in [0.2, 0.25) is 0 Å². The predicted octanol–water partition coefficient (Wildman–Crippen LogP) is 2.30. The first-order valence-electron chi connectivity index (χ1n) is 7.15. The van der Waals surface area contributed by atoms with Gasteiger partial charge in [-0.2, -0.15) is 16.7 Å². The van der Waals surface area contributed by atoms with Crippen LogP contribution < -0.4 is 9.47 Å². The van der Waals surface area contributed by atoms with Crippen molar-refractivity contribution in [1.82, 2.24) is 15.0 Å². The van der Waals surface area contributed by atoms with Gasteiger partial charge < -0.3 is 14.0 Å². The molecular weight excluding hydrogens is 302 g/mol. The Morgan fingerprint density at radius 2 is 1.95 bits per heavy atom. The second kappa shape index (κ2) is 7.02. The zero-order chi connectivity index (χ0) is 15.4. The summed E-state index contributed by atoms with van der Waals surface area (Å²) in [7, 11) is 3.22. The highest BCUT2D eigenvalue weighted by Gasteiger charge is 2.16. The van der Waals surface area contributed by atoms with Crippen molar-refractivity contribution in [1.29, 1.82) is 0 Å². The van der Waals surface area contributed by atoms with Crippen molar-refractivity contribution >= 4 is 11.8 Å². The van der Waals surface area contributed by atoms with E-state index in [9.17, 15) is 0 Å². The SMILES string of the molecule is COc1ccc(-c2noc(CN3CCSCC3)n2)cc1OC. The van der Waals surface area contributed by atoms with E-state index >= 15 is 0 Å². The van der Waals surface area contributed by atoms with Gasteiger partial charge in [-0.1, -0.05) is 5.16 Å². The Morgan fingerprint density at radius 3 is 2.68 bits per heavy atom. The van der Waals surface area contributed by atoms with Gasteiger partial charge in [-0.15, -0.1) is 0 Å². The number of ether oxygens (including phenoxy) is 2. The fourth-order valence-corrected chi connectivity index (χ4v) is 3.34. The number of rotatable bonds is 5. The summed E-state index contributed by atoms with van der Waals surface area (Å²) in [5.41, 5.74) is 0.849. The van der Waals surface area contributed by atoms with Crippen molar-refractivity contribution in [2.45, 2.75) is 6.54 Å². The van der Waals surface area contributed by atoms with Crippen LogP contribution in [0.25, 0.3) is 11.4 Å². The minimum atomic E-state index is 0.572. The largest absolute Gasteiger partial charge is 0.493 e. The fraction of sp³-hybridized carbons (Fsp3) is 0.467. The molecule has 0 aliphatic carbocycles. The van der Waals surface area contributed by atoms with Crippen molar-refractivity contribution in [2.24, 2.45) is 0 Å². The summed E-state index contributed by atoms with van der Waals surface area (Å²) >= 11 is 1.98. The molecule has 0 unspecified atom stereocenters. The smallest absolute Gasteiger partial charge is 0.241 e. The first kappa shape index (κ1) is 15.2. The summed E-state index contributed by atoms with van der Waals surface area (Å²) in [6, 6.07) is 5.59. The Hall–Kier alpha value is -1.73. The number of methoxy groups -OCH3 is 2. The lowest BCUT2D eigenvalue weighted by molar-refractivity contribution is 0.245. The Kier molecular flexibility index (Phi) is 4.84. The summed E-state index contributed by atoms with van der Waals surface area (Å²) in [4.78, 5) is 6.82. The van der Waals surface area contributed by atoms with Crippen molar-refractivity contribution < 1.29 is 14.0 Å². The second-order valence-electron chi connectivity index (χ2n) is 4.97. The Bertz CT molecular complexity index is 626. The first-order chi connectivity index (χ1) is 10.8. The average Bonchev–Trinajstić information content (AvgIpc) is 3.03. The average molecular weight is 321 g/mol. The van der Waals surface area contributed by atoms with Crippen LogP contribution in [0.4, 0.5) is 0 Å². The highest BCUT2D eigenvalue weighted by molar-refractivity contribution is 7.99. The molecule has 1 saturated heterocycles. The number of nitrogens with zero attached hydrogens (tertiary/aromatic N) is 3. The lowest BCUT2D eigenvalue weighted by Gasteiger charge is -2.24. The standard InChI is InChI=1S/C15H19N3O3S/c1-19-12-4-3-11(9-13(12)20-2)15-16-14(21-17-15)10-18-5-7-22-8-6-18/h3-4,9H,5-8,10H2,1-2H3. The van der Waals surface area contributed by atoms with Gasteiger partial charge in [-0.3, -0.25) is 4.90 Å². The third-order valence-electron chi connectivity index (χ3n) is 3.57. The maximum atomic E-state index is 5.37. The van der Waals surface area contributed by atoms with Crippen LogP contribution in [0.15, 0.2) is 22.7 Å². The molecule has 2 aromatic rings. The third-order valence-corrected chi connectivity index (χ3v) is 4.51. The van der Waals surface area contributed by atoms with Gasteiger partial charge in [0.2, 0.25) is 11.7 Å². The van der Waals surface area contributed by atoms with Crippen molar-refractivity contribution in [2.75, 3.05) is 38.8 Å². The molecule has 3 rings (SSSR count). The molecule has 0 atom stereocenters. The molecule has 7 heteroatoms. The van der Waals surface area contributed by atoms with Crippen molar-refractivity contribution in [3.8, 4) is 22.9 Å². The van der Waals surface area contributed by atoms with E-state index in [4.69, 9.17) is 14.0 Å². The van der Waals surface area contributed by atoms with E-state index in [-0.39, 0.29) is 0 Å². The molecule has 6 nitrogen and oxygen atoms in total.